The third kappa shape index (κ3) is 9.00. The predicted octanol–water partition coefficient (Wildman–Crippen LogP) is 5.58. The number of benzene rings is 2. The molecular formula is C26H35BN2. The third-order valence-electron chi connectivity index (χ3n) is 4.86. The van der Waals surface area contributed by atoms with Crippen molar-refractivity contribution in [2.45, 2.75) is 52.9 Å². The number of nitrogens with zero attached hydrogens (tertiary/aromatic N) is 1. The van der Waals surface area contributed by atoms with Crippen LogP contribution in [0.1, 0.15) is 52.1 Å². The van der Waals surface area contributed by atoms with Gasteiger partial charge in [0.05, 0.1) is 6.33 Å². The zero-order valence-electron chi connectivity index (χ0n) is 18.2. The molecule has 0 atom stereocenters. The van der Waals surface area contributed by atoms with E-state index in [9.17, 15) is 0 Å². The molecule has 3 heteroatoms. The van der Waals surface area contributed by atoms with Crippen LogP contribution in [0.3, 0.4) is 0 Å². The molecule has 0 bridgehead atoms. The molecule has 152 valence electrons. The Balaban J connectivity index is 0.000000234. The van der Waals surface area contributed by atoms with Crippen LogP contribution < -0.4 is 10.9 Å². The van der Waals surface area contributed by atoms with Gasteiger partial charge in [0, 0.05) is 11.9 Å². The molecule has 2 nitrogen and oxygen atoms in total. The average molecular weight is 386 g/mol. The Morgan fingerprint density at radius 1 is 0.897 bits per heavy atom. The predicted molar refractivity (Wildman–Crippen MR) is 128 cm³/mol. The standard InChI is InChI=1S/C17H19B.C9H16N2/c1-15(2)13-14-18(16-9-5-3-6-10-16)17-11-7-4-8-12-17;1-2-3-4-5-6-9-7-10-8-11-9/h3-15H,1-2H3;7-8H,2-6H2,1H3,(H,10,11). The van der Waals surface area contributed by atoms with Crippen molar-refractivity contribution in [3.8, 4) is 0 Å². The van der Waals surface area contributed by atoms with Crippen LogP contribution in [0.5, 0.6) is 0 Å². The summed E-state index contributed by atoms with van der Waals surface area (Å²) in [6, 6.07) is 21.3. The van der Waals surface area contributed by atoms with Crippen LogP contribution in [0.25, 0.3) is 0 Å². The van der Waals surface area contributed by atoms with E-state index in [1.54, 1.807) is 6.33 Å². The van der Waals surface area contributed by atoms with Gasteiger partial charge in [-0.15, -0.1) is 5.98 Å². The summed E-state index contributed by atoms with van der Waals surface area (Å²) in [6.45, 7) is 7.01. The molecule has 0 aliphatic heterocycles. The van der Waals surface area contributed by atoms with Crippen molar-refractivity contribution in [3.63, 3.8) is 0 Å². The Morgan fingerprint density at radius 3 is 2.00 bits per heavy atom. The highest BCUT2D eigenvalue weighted by Crippen LogP contribution is 2.04. The molecule has 0 unspecified atom stereocenters. The van der Waals surface area contributed by atoms with Gasteiger partial charge in [0.25, 0.3) is 0 Å². The van der Waals surface area contributed by atoms with Gasteiger partial charge in [-0.25, -0.2) is 4.98 Å². The lowest BCUT2D eigenvalue weighted by molar-refractivity contribution is 0.662. The Hall–Kier alpha value is -2.55. The Morgan fingerprint density at radius 2 is 1.52 bits per heavy atom. The largest absolute Gasteiger partial charge is 0.348 e. The summed E-state index contributed by atoms with van der Waals surface area (Å²) >= 11 is 0. The summed E-state index contributed by atoms with van der Waals surface area (Å²) in [6.07, 6.45) is 12.4. The molecule has 29 heavy (non-hydrogen) atoms. The lowest BCUT2D eigenvalue weighted by atomic mass is 9.40. The van der Waals surface area contributed by atoms with Gasteiger partial charge in [0.15, 0.2) is 0 Å². The van der Waals surface area contributed by atoms with Crippen molar-refractivity contribution in [2.75, 3.05) is 0 Å². The first-order valence-electron chi connectivity index (χ1n) is 11.0. The number of aromatic amines is 1. The third-order valence-corrected chi connectivity index (χ3v) is 4.86. The van der Waals surface area contributed by atoms with Gasteiger partial charge in [0.2, 0.25) is 6.71 Å². The first-order valence-corrected chi connectivity index (χ1v) is 11.0. The van der Waals surface area contributed by atoms with Crippen molar-refractivity contribution >= 4 is 17.6 Å². The molecule has 1 N–H and O–H groups in total. The molecule has 1 aromatic heterocycles. The minimum atomic E-state index is 0.356. The van der Waals surface area contributed by atoms with E-state index in [1.807, 2.05) is 6.20 Å². The van der Waals surface area contributed by atoms with Crippen LogP contribution in [0.15, 0.2) is 85.2 Å². The summed E-state index contributed by atoms with van der Waals surface area (Å²) in [5.41, 5.74) is 3.96. The Labute approximate surface area is 177 Å². The summed E-state index contributed by atoms with van der Waals surface area (Å²) < 4.78 is 0. The molecule has 0 radical (unpaired) electrons. The number of aromatic nitrogens is 2. The van der Waals surface area contributed by atoms with Crippen LogP contribution in [0, 0.1) is 5.92 Å². The zero-order valence-corrected chi connectivity index (χ0v) is 18.2. The van der Waals surface area contributed by atoms with E-state index in [2.05, 4.69) is 103 Å². The maximum atomic E-state index is 3.97. The lowest BCUT2D eigenvalue weighted by Crippen LogP contribution is -2.40. The van der Waals surface area contributed by atoms with Gasteiger partial charge >= 0.3 is 0 Å². The number of unbranched alkanes of at least 4 members (excludes halogenated alkanes) is 3. The maximum absolute atomic E-state index is 3.97. The molecule has 0 saturated carbocycles. The monoisotopic (exact) mass is 386 g/mol. The molecular weight excluding hydrogens is 351 g/mol. The number of rotatable bonds is 9. The van der Waals surface area contributed by atoms with Crippen LogP contribution in [0.4, 0.5) is 0 Å². The first kappa shape index (κ1) is 22.7. The first-order chi connectivity index (χ1) is 14.2. The fourth-order valence-corrected chi connectivity index (χ4v) is 3.23. The highest BCUT2D eigenvalue weighted by molar-refractivity contribution is 6.89. The summed E-state index contributed by atoms with van der Waals surface area (Å²) in [4.78, 5) is 7.07. The van der Waals surface area contributed by atoms with Crippen LogP contribution >= 0.6 is 0 Å². The fraction of sp³-hybridized carbons (Fsp3) is 0.346. The number of hydrogen-bond donors (Lipinski definition) is 1. The highest BCUT2D eigenvalue weighted by atomic mass is 14.9. The van der Waals surface area contributed by atoms with Crippen molar-refractivity contribution in [3.05, 3.63) is 90.9 Å². The average Bonchev–Trinajstić information content (AvgIpc) is 3.27. The van der Waals surface area contributed by atoms with Crippen LogP contribution in [0.2, 0.25) is 0 Å². The molecule has 3 rings (SSSR count). The van der Waals surface area contributed by atoms with Crippen LogP contribution in [-0.4, -0.2) is 16.7 Å². The molecule has 0 aliphatic rings. The van der Waals surface area contributed by atoms with E-state index in [-0.39, 0.29) is 0 Å². The molecule has 1 heterocycles. The minimum Gasteiger partial charge on any atom is -0.348 e. The number of nitrogens with one attached hydrogen (secondary N) is 1. The lowest BCUT2D eigenvalue weighted by Gasteiger charge is -2.10. The number of imidazole rings is 1. The van der Waals surface area contributed by atoms with Gasteiger partial charge in [0.1, 0.15) is 0 Å². The molecule has 0 spiro atoms. The zero-order chi connectivity index (χ0) is 20.7. The molecule has 0 amide bonds. The second kappa shape index (κ2) is 13.6. The van der Waals surface area contributed by atoms with Gasteiger partial charge < -0.3 is 4.98 Å². The second-order valence-corrected chi connectivity index (χ2v) is 7.82. The second-order valence-electron chi connectivity index (χ2n) is 7.82. The van der Waals surface area contributed by atoms with E-state index >= 15 is 0 Å². The quantitative estimate of drug-likeness (QED) is 0.377. The normalized spacial score (nSPS) is 10.8. The van der Waals surface area contributed by atoms with Crippen molar-refractivity contribution in [1.82, 2.24) is 9.97 Å². The van der Waals surface area contributed by atoms with Gasteiger partial charge in [-0.05, 0) is 18.8 Å². The fourth-order valence-electron chi connectivity index (χ4n) is 3.23. The van der Waals surface area contributed by atoms with E-state index in [4.69, 9.17) is 0 Å². The van der Waals surface area contributed by atoms with Gasteiger partial charge in [-0.1, -0.05) is 118 Å². The van der Waals surface area contributed by atoms with Gasteiger partial charge in [-0.2, -0.15) is 0 Å². The Kier molecular flexibility index (Phi) is 10.7. The van der Waals surface area contributed by atoms with Crippen LogP contribution in [-0.2, 0) is 6.42 Å². The highest BCUT2D eigenvalue weighted by Gasteiger charge is 2.14. The molecule has 0 saturated heterocycles. The van der Waals surface area contributed by atoms with Crippen molar-refractivity contribution in [1.29, 1.82) is 0 Å². The minimum absolute atomic E-state index is 0.356. The summed E-state index contributed by atoms with van der Waals surface area (Å²) in [5, 5.41) is 0. The molecule has 2 aromatic carbocycles. The SMILES string of the molecule is CC(C)C=CB(c1ccccc1)c1ccccc1.CCCCCCc1cnc[nH]1. The number of H-pyrrole nitrogens is 1. The topological polar surface area (TPSA) is 28.7 Å². The molecule has 3 aromatic rings. The van der Waals surface area contributed by atoms with Crippen molar-refractivity contribution < 1.29 is 0 Å². The molecule has 0 aliphatic carbocycles. The van der Waals surface area contributed by atoms with E-state index in [0.29, 0.717) is 12.6 Å². The van der Waals surface area contributed by atoms with Crippen molar-refractivity contribution in [2.24, 2.45) is 5.92 Å². The van der Waals surface area contributed by atoms with E-state index in [0.717, 1.165) is 6.42 Å². The Bertz CT molecular complexity index is 741. The smallest absolute Gasteiger partial charge is 0.233 e. The van der Waals surface area contributed by atoms with E-state index in [1.165, 1.54) is 42.3 Å². The van der Waals surface area contributed by atoms with E-state index < -0.39 is 0 Å². The summed E-state index contributed by atoms with van der Waals surface area (Å²) in [5.74, 6) is 2.90. The number of allylic oxidation sites excluding steroid dienone is 1. The van der Waals surface area contributed by atoms with Gasteiger partial charge in [-0.3, -0.25) is 0 Å². The summed E-state index contributed by atoms with van der Waals surface area (Å²) in [7, 11) is 0. The molecule has 0 fully saturated rings. The maximum Gasteiger partial charge on any atom is 0.233 e. The number of aryl methyl sites for hydroxylation is 1. The number of hydrogen-bond acceptors (Lipinski definition) is 1.